The molecule has 0 atom stereocenters. The molecule has 2 aromatic rings. The maximum absolute atomic E-state index is 9.39. The van der Waals surface area contributed by atoms with E-state index in [1.54, 1.807) is 25.1 Å². The van der Waals surface area contributed by atoms with Gasteiger partial charge >= 0.3 is 0 Å². The van der Waals surface area contributed by atoms with Crippen LogP contribution in [0.1, 0.15) is 5.56 Å². The first-order chi connectivity index (χ1) is 8.04. The molecule has 0 spiro atoms. The average Bonchev–Trinajstić information content (AvgIpc) is 2.22. The summed E-state index contributed by atoms with van der Waals surface area (Å²) < 4.78 is 0. The van der Waals surface area contributed by atoms with Crippen LogP contribution in [0.2, 0.25) is 10.6 Å². The topological polar surface area (TPSA) is 70.9 Å². The Kier molecular flexibility index (Phi) is 3.31. The van der Waals surface area contributed by atoms with E-state index in [-0.39, 0.29) is 22.3 Å². The summed E-state index contributed by atoms with van der Waals surface area (Å²) in [6, 6.07) is 5.01. The van der Waals surface area contributed by atoms with Gasteiger partial charge in [-0.2, -0.15) is 15.0 Å². The molecule has 0 aliphatic heterocycles. The van der Waals surface area contributed by atoms with E-state index in [0.29, 0.717) is 0 Å². The van der Waals surface area contributed by atoms with E-state index < -0.39 is 0 Å². The number of benzene rings is 1. The summed E-state index contributed by atoms with van der Waals surface area (Å²) in [5, 5.41) is 12.3. The van der Waals surface area contributed by atoms with Gasteiger partial charge < -0.3 is 10.4 Å². The van der Waals surface area contributed by atoms with Gasteiger partial charge in [-0.15, -0.1) is 0 Å². The molecule has 88 valence electrons. The number of halogens is 2. The van der Waals surface area contributed by atoms with Crippen molar-refractivity contribution in [2.75, 3.05) is 5.32 Å². The van der Waals surface area contributed by atoms with Gasteiger partial charge in [0.1, 0.15) is 5.75 Å². The maximum Gasteiger partial charge on any atom is 0.232 e. The Labute approximate surface area is 107 Å². The smallest absolute Gasteiger partial charge is 0.232 e. The monoisotopic (exact) mass is 270 g/mol. The van der Waals surface area contributed by atoms with Gasteiger partial charge in [0.25, 0.3) is 0 Å². The van der Waals surface area contributed by atoms with Gasteiger partial charge in [0.2, 0.25) is 16.5 Å². The number of aromatic nitrogens is 3. The predicted molar refractivity (Wildman–Crippen MR) is 66.0 cm³/mol. The lowest BCUT2D eigenvalue weighted by Gasteiger charge is -2.06. The van der Waals surface area contributed by atoms with Crippen molar-refractivity contribution in [1.82, 2.24) is 15.0 Å². The van der Waals surface area contributed by atoms with Crippen LogP contribution < -0.4 is 5.32 Å². The summed E-state index contributed by atoms with van der Waals surface area (Å²) in [4.78, 5) is 11.4. The van der Waals surface area contributed by atoms with Crippen LogP contribution in [0.15, 0.2) is 18.2 Å². The summed E-state index contributed by atoms with van der Waals surface area (Å²) in [5.41, 5.74) is 1.46. The summed E-state index contributed by atoms with van der Waals surface area (Å²) in [5.74, 6) is 0.474. The second kappa shape index (κ2) is 4.73. The number of anilines is 2. The SMILES string of the molecule is Cc1cc(Nc2nc(Cl)nc(Cl)n2)ccc1O. The van der Waals surface area contributed by atoms with Gasteiger partial charge in [-0.25, -0.2) is 0 Å². The summed E-state index contributed by atoms with van der Waals surface area (Å²) in [6.07, 6.45) is 0. The fraction of sp³-hybridized carbons (Fsp3) is 0.100. The number of hydrogen-bond donors (Lipinski definition) is 2. The maximum atomic E-state index is 9.39. The highest BCUT2D eigenvalue weighted by molar-refractivity contribution is 6.31. The van der Waals surface area contributed by atoms with E-state index in [9.17, 15) is 5.11 Å². The van der Waals surface area contributed by atoms with Crippen molar-refractivity contribution in [1.29, 1.82) is 0 Å². The van der Waals surface area contributed by atoms with Crippen LogP contribution in [0.25, 0.3) is 0 Å². The number of rotatable bonds is 2. The largest absolute Gasteiger partial charge is 0.508 e. The van der Waals surface area contributed by atoms with Crippen LogP contribution in [0.3, 0.4) is 0 Å². The van der Waals surface area contributed by atoms with Gasteiger partial charge in [0.05, 0.1) is 0 Å². The molecule has 0 aliphatic carbocycles. The fourth-order valence-corrected chi connectivity index (χ4v) is 1.61. The number of phenols is 1. The molecule has 5 nitrogen and oxygen atoms in total. The van der Waals surface area contributed by atoms with E-state index in [2.05, 4.69) is 20.3 Å². The predicted octanol–water partition coefficient (Wildman–Crippen LogP) is 2.94. The zero-order valence-corrected chi connectivity index (χ0v) is 10.3. The zero-order valence-electron chi connectivity index (χ0n) is 8.78. The highest BCUT2D eigenvalue weighted by Crippen LogP contribution is 2.22. The van der Waals surface area contributed by atoms with Crippen LogP contribution in [0.5, 0.6) is 5.75 Å². The molecule has 2 rings (SSSR count). The van der Waals surface area contributed by atoms with Crippen LogP contribution in [0, 0.1) is 6.92 Å². The van der Waals surface area contributed by atoms with Crippen LogP contribution in [0.4, 0.5) is 11.6 Å². The molecule has 0 amide bonds. The number of nitrogens with one attached hydrogen (secondary N) is 1. The van der Waals surface area contributed by atoms with Crippen molar-refractivity contribution < 1.29 is 5.11 Å². The molecular weight excluding hydrogens is 263 g/mol. The molecule has 1 aromatic heterocycles. The molecule has 0 saturated heterocycles. The van der Waals surface area contributed by atoms with Gasteiger partial charge in [0.15, 0.2) is 0 Å². The minimum absolute atomic E-state index is 0.0167. The Morgan fingerprint density at radius 3 is 2.35 bits per heavy atom. The second-order valence-corrected chi connectivity index (χ2v) is 4.00. The first-order valence-corrected chi connectivity index (χ1v) is 5.44. The number of hydrogen-bond acceptors (Lipinski definition) is 5. The average molecular weight is 271 g/mol. The molecule has 2 N–H and O–H groups in total. The van der Waals surface area contributed by atoms with Crippen molar-refractivity contribution in [2.45, 2.75) is 6.92 Å². The van der Waals surface area contributed by atoms with Gasteiger partial charge in [-0.1, -0.05) is 0 Å². The summed E-state index contributed by atoms with van der Waals surface area (Å²) >= 11 is 11.3. The van der Waals surface area contributed by atoms with E-state index in [1.807, 2.05) is 0 Å². The Morgan fingerprint density at radius 2 is 1.76 bits per heavy atom. The number of nitrogens with zero attached hydrogens (tertiary/aromatic N) is 3. The molecule has 1 heterocycles. The minimum atomic E-state index is 0.0167. The Hall–Kier alpha value is -1.59. The molecule has 7 heteroatoms. The fourth-order valence-electron chi connectivity index (χ4n) is 1.24. The summed E-state index contributed by atoms with van der Waals surface area (Å²) in [7, 11) is 0. The van der Waals surface area contributed by atoms with Crippen molar-refractivity contribution >= 4 is 34.8 Å². The Bertz CT molecular complexity index is 542. The quantitative estimate of drug-likeness (QED) is 0.822. The number of aromatic hydroxyl groups is 1. The van der Waals surface area contributed by atoms with E-state index >= 15 is 0 Å². The molecule has 0 saturated carbocycles. The van der Waals surface area contributed by atoms with Crippen LogP contribution >= 0.6 is 23.2 Å². The standard InChI is InChI=1S/C10H8Cl2N4O/c1-5-4-6(2-3-7(5)17)13-10-15-8(11)14-9(12)16-10/h2-4,17H,1H3,(H,13,14,15,16). The highest BCUT2D eigenvalue weighted by atomic mass is 35.5. The van der Waals surface area contributed by atoms with Crippen molar-refractivity contribution in [3.05, 3.63) is 34.3 Å². The first-order valence-electron chi connectivity index (χ1n) is 4.68. The van der Waals surface area contributed by atoms with E-state index in [1.165, 1.54) is 0 Å². The third-order valence-corrected chi connectivity index (χ3v) is 2.37. The molecule has 0 fully saturated rings. The lowest BCUT2D eigenvalue weighted by atomic mass is 10.2. The van der Waals surface area contributed by atoms with Crippen LogP contribution in [-0.2, 0) is 0 Å². The Morgan fingerprint density at radius 1 is 1.12 bits per heavy atom. The summed E-state index contributed by atoms with van der Waals surface area (Å²) in [6.45, 7) is 1.79. The minimum Gasteiger partial charge on any atom is -0.508 e. The third kappa shape index (κ3) is 2.95. The lowest BCUT2D eigenvalue weighted by Crippen LogP contribution is -1.99. The van der Waals surface area contributed by atoms with Crippen molar-refractivity contribution in [2.24, 2.45) is 0 Å². The third-order valence-electron chi connectivity index (χ3n) is 2.03. The molecule has 1 aromatic carbocycles. The van der Waals surface area contributed by atoms with E-state index in [0.717, 1.165) is 11.3 Å². The van der Waals surface area contributed by atoms with Gasteiger partial charge in [0, 0.05) is 5.69 Å². The van der Waals surface area contributed by atoms with Gasteiger partial charge in [-0.05, 0) is 53.9 Å². The van der Waals surface area contributed by atoms with Crippen LogP contribution in [-0.4, -0.2) is 20.1 Å². The molecular formula is C10H8Cl2N4O. The second-order valence-electron chi connectivity index (χ2n) is 3.32. The number of aryl methyl sites for hydroxylation is 1. The van der Waals surface area contributed by atoms with Crippen molar-refractivity contribution in [3.63, 3.8) is 0 Å². The number of phenolic OH excluding ortho intramolecular Hbond substituents is 1. The van der Waals surface area contributed by atoms with Gasteiger partial charge in [-0.3, -0.25) is 0 Å². The molecule has 0 radical (unpaired) electrons. The zero-order chi connectivity index (χ0) is 12.4. The molecule has 0 unspecified atom stereocenters. The normalized spacial score (nSPS) is 10.3. The highest BCUT2D eigenvalue weighted by Gasteiger charge is 2.04. The van der Waals surface area contributed by atoms with E-state index in [4.69, 9.17) is 23.2 Å². The molecule has 0 bridgehead atoms. The Balaban J connectivity index is 2.28. The lowest BCUT2D eigenvalue weighted by molar-refractivity contribution is 0.471. The molecule has 0 aliphatic rings. The van der Waals surface area contributed by atoms with Crippen molar-refractivity contribution in [3.8, 4) is 5.75 Å². The first kappa shape index (κ1) is 11.9. The molecule has 17 heavy (non-hydrogen) atoms.